The van der Waals surface area contributed by atoms with Gasteiger partial charge in [-0.3, -0.25) is 4.79 Å². The Labute approximate surface area is 98.6 Å². The molecule has 0 fully saturated rings. The summed E-state index contributed by atoms with van der Waals surface area (Å²) in [5.74, 6) is -0.259. The highest BCUT2D eigenvalue weighted by Gasteiger charge is 2.21. The first kappa shape index (κ1) is 11.3. The number of carboxylic acids is 1. The van der Waals surface area contributed by atoms with Gasteiger partial charge in [0.15, 0.2) is 5.75 Å². The van der Waals surface area contributed by atoms with E-state index in [-0.39, 0.29) is 12.5 Å². The molecule has 0 spiro atoms. The van der Waals surface area contributed by atoms with Gasteiger partial charge in [-0.2, -0.15) is 5.26 Å². The minimum Gasteiger partial charge on any atom is -0.488 e. The average Bonchev–Trinajstić information content (AvgIpc) is 2.35. The monoisotopic (exact) mass is 232 g/mol. The summed E-state index contributed by atoms with van der Waals surface area (Å²) in [5.41, 5.74) is 1.25. The van der Waals surface area contributed by atoms with Gasteiger partial charge >= 0.3 is 5.97 Å². The highest BCUT2D eigenvalue weighted by atomic mass is 16.5. The van der Waals surface area contributed by atoms with Gasteiger partial charge in [0.1, 0.15) is 12.7 Å². The van der Waals surface area contributed by atoms with Crippen LogP contribution < -0.4 is 10.1 Å². The van der Waals surface area contributed by atoms with Crippen molar-refractivity contribution < 1.29 is 14.6 Å². The predicted molar refractivity (Wildman–Crippen MR) is 60.9 cm³/mol. The third kappa shape index (κ3) is 2.48. The van der Waals surface area contributed by atoms with E-state index in [0.29, 0.717) is 24.3 Å². The number of ether oxygens (including phenoxy) is 1. The number of carboxylic acid groups (broad SMARTS) is 1. The summed E-state index contributed by atoms with van der Waals surface area (Å²) < 4.78 is 5.51. The van der Waals surface area contributed by atoms with E-state index in [4.69, 9.17) is 15.1 Å². The zero-order valence-electron chi connectivity index (χ0n) is 9.14. The Kier molecular flexibility index (Phi) is 3.15. The van der Waals surface area contributed by atoms with E-state index < -0.39 is 5.97 Å². The SMILES string of the molecule is N#Cc1cccc2c1OCC(CCC(=O)O)N2. The molecule has 1 unspecified atom stereocenters. The molecule has 0 amide bonds. The smallest absolute Gasteiger partial charge is 0.303 e. The van der Waals surface area contributed by atoms with Crippen LogP contribution >= 0.6 is 0 Å². The van der Waals surface area contributed by atoms with Crippen LogP contribution in [0.4, 0.5) is 5.69 Å². The molecule has 0 aliphatic carbocycles. The average molecular weight is 232 g/mol. The topological polar surface area (TPSA) is 82.3 Å². The van der Waals surface area contributed by atoms with Crippen LogP contribution in [-0.2, 0) is 4.79 Å². The molecule has 0 bridgehead atoms. The van der Waals surface area contributed by atoms with Crippen molar-refractivity contribution in [2.24, 2.45) is 0 Å². The van der Waals surface area contributed by atoms with Crippen LogP contribution in [0.3, 0.4) is 0 Å². The van der Waals surface area contributed by atoms with Gasteiger partial charge in [0.05, 0.1) is 17.3 Å². The first-order valence-electron chi connectivity index (χ1n) is 5.35. The molecule has 17 heavy (non-hydrogen) atoms. The Balaban J connectivity index is 2.09. The van der Waals surface area contributed by atoms with Crippen LogP contribution in [0.2, 0.25) is 0 Å². The van der Waals surface area contributed by atoms with Crippen LogP contribution in [0.5, 0.6) is 5.75 Å². The van der Waals surface area contributed by atoms with E-state index in [1.54, 1.807) is 12.1 Å². The Morgan fingerprint density at radius 1 is 1.65 bits per heavy atom. The Bertz CT molecular complexity index is 479. The number of nitrogens with zero attached hydrogens (tertiary/aromatic N) is 1. The Hall–Kier alpha value is -2.22. The number of hydrogen-bond acceptors (Lipinski definition) is 4. The van der Waals surface area contributed by atoms with Crippen LogP contribution in [0.1, 0.15) is 18.4 Å². The van der Waals surface area contributed by atoms with Gasteiger partial charge in [0, 0.05) is 6.42 Å². The minimum atomic E-state index is -0.816. The molecule has 5 nitrogen and oxygen atoms in total. The lowest BCUT2D eigenvalue weighted by Crippen LogP contribution is -2.32. The van der Waals surface area contributed by atoms with E-state index in [2.05, 4.69) is 11.4 Å². The van der Waals surface area contributed by atoms with Crippen molar-refractivity contribution in [3.63, 3.8) is 0 Å². The number of aliphatic carboxylic acids is 1. The molecule has 1 atom stereocenters. The molecule has 1 aromatic rings. The van der Waals surface area contributed by atoms with Gasteiger partial charge in [0.25, 0.3) is 0 Å². The molecule has 1 aliphatic rings. The number of fused-ring (bicyclic) bond motifs is 1. The number of rotatable bonds is 3. The second kappa shape index (κ2) is 4.74. The quantitative estimate of drug-likeness (QED) is 0.827. The number of anilines is 1. The van der Waals surface area contributed by atoms with Crippen LogP contribution in [0.25, 0.3) is 0 Å². The van der Waals surface area contributed by atoms with Crippen molar-refractivity contribution in [3.8, 4) is 11.8 Å². The molecule has 0 radical (unpaired) electrons. The molecule has 1 heterocycles. The number of hydrogen-bond donors (Lipinski definition) is 2. The summed E-state index contributed by atoms with van der Waals surface area (Å²) >= 11 is 0. The molecular formula is C12H12N2O3. The Morgan fingerprint density at radius 2 is 2.47 bits per heavy atom. The van der Waals surface area contributed by atoms with Crippen molar-refractivity contribution >= 4 is 11.7 Å². The van der Waals surface area contributed by atoms with E-state index in [1.165, 1.54) is 0 Å². The first-order chi connectivity index (χ1) is 8.20. The normalized spacial score (nSPS) is 17.2. The summed E-state index contributed by atoms with van der Waals surface area (Å²) in [7, 11) is 0. The van der Waals surface area contributed by atoms with E-state index in [9.17, 15) is 4.79 Å². The molecule has 2 rings (SSSR count). The molecule has 1 aliphatic heterocycles. The predicted octanol–water partition coefficient (Wildman–Crippen LogP) is 1.60. The standard InChI is InChI=1S/C12H12N2O3/c13-6-8-2-1-3-10-12(8)17-7-9(14-10)4-5-11(15)16/h1-3,9,14H,4-5,7H2,(H,15,16). The highest BCUT2D eigenvalue weighted by molar-refractivity contribution is 5.67. The molecule has 1 aromatic carbocycles. The third-order valence-electron chi connectivity index (χ3n) is 2.63. The van der Waals surface area contributed by atoms with Gasteiger partial charge in [-0.25, -0.2) is 0 Å². The lowest BCUT2D eigenvalue weighted by Gasteiger charge is -2.27. The van der Waals surface area contributed by atoms with Crippen molar-refractivity contribution in [2.75, 3.05) is 11.9 Å². The van der Waals surface area contributed by atoms with Gasteiger partial charge < -0.3 is 15.2 Å². The molecule has 2 N–H and O–H groups in total. The fourth-order valence-corrected chi connectivity index (χ4v) is 1.79. The van der Waals surface area contributed by atoms with Gasteiger partial charge in [-0.05, 0) is 18.6 Å². The molecule has 5 heteroatoms. The van der Waals surface area contributed by atoms with Crippen molar-refractivity contribution in [1.82, 2.24) is 0 Å². The highest BCUT2D eigenvalue weighted by Crippen LogP contribution is 2.32. The maximum Gasteiger partial charge on any atom is 0.303 e. The first-order valence-corrected chi connectivity index (χ1v) is 5.35. The number of para-hydroxylation sites is 1. The molecule has 0 saturated carbocycles. The second-order valence-corrected chi connectivity index (χ2v) is 3.88. The minimum absolute atomic E-state index is 0.0208. The second-order valence-electron chi connectivity index (χ2n) is 3.88. The van der Waals surface area contributed by atoms with Gasteiger partial charge in [0.2, 0.25) is 0 Å². The van der Waals surface area contributed by atoms with E-state index in [0.717, 1.165) is 5.69 Å². The summed E-state index contributed by atoms with van der Waals surface area (Å²) in [4.78, 5) is 10.5. The molecule has 88 valence electrons. The van der Waals surface area contributed by atoms with Crippen LogP contribution in [0.15, 0.2) is 18.2 Å². The number of carbonyl (C=O) groups is 1. The lowest BCUT2D eigenvalue weighted by molar-refractivity contribution is -0.137. The maximum absolute atomic E-state index is 10.5. The Morgan fingerprint density at radius 3 is 3.18 bits per heavy atom. The lowest BCUT2D eigenvalue weighted by atomic mass is 10.1. The van der Waals surface area contributed by atoms with Crippen molar-refractivity contribution in [1.29, 1.82) is 5.26 Å². The van der Waals surface area contributed by atoms with Crippen LogP contribution in [0, 0.1) is 11.3 Å². The third-order valence-corrected chi connectivity index (χ3v) is 2.63. The summed E-state index contributed by atoms with van der Waals surface area (Å²) in [5, 5.41) is 20.7. The molecule has 0 aromatic heterocycles. The van der Waals surface area contributed by atoms with Crippen molar-refractivity contribution in [2.45, 2.75) is 18.9 Å². The van der Waals surface area contributed by atoms with E-state index in [1.807, 2.05) is 6.07 Å². The zero-order chi connectivity index (χ0) is 12.3. The fraction of sp³-hybridized carbons (Fsp3) is 0.333. The van der Waals surface area contributed by atoms with Crippen LogP contribution in [-0.4, -0.2) is 23.7 Å². The summed E-state index contributed by atoms with van der Waals surface area (Å²) in [6.07, 6.45) is 0.611. The maximum atomic E-state index is 10.5. The van der Waals surface area contributed by atoms with Gasteiger partial charge in [-0.15, -0.1) is 0 Å². The largest absolute Gasteiger partial charge is 0.488 e. The number of nitrogens with one attached hydrogen (secondary N) is 1. The number of benzene rings is 1. The number of nitriles is 1. The summed E-state index contributed by atoms with van der Waals surface area (Å²) in [6.45, 7) is 0.388. The van der Waals surface area contributed by atoms with E-state index >= 15 is 0 Å². The molecule has 0 saturated heterocycles. The molecular weight excluding hydrogens is 220 g/mol. The fourth-order valence-electron chi connectivity index (χ4n) is 1.79. The zero-order valence-corrected chi connectivity index (χ0v) is 9.14. The summed E-state index contributed by atoms with van der Waals surface area (Å²) in [6, 6.07) is 7.33. The van der Waals surface area contributed by atoms with Gasteiger partial charge in [-0.1, -0.05) is 6.07 Å². The van der Waals surface area contributed by atoms with Crippen molar-refractivity contribution in [3.05, 3.63) is 23.8 Å².